The Balaban J connectivity index is 2.22. The number of fused-ring (bicyclic) bond motifs is 1. The molecule has 3 rings (SSSR count). The monoisotopic (exact) mass is 311 g/mol. The highest BCUT2D eigenvalue weighted by Crippen LogP contribution is 2.27. The molecule has 0 atom stereocenters. The lowest BCUT2D eigenvalue weighted by Crippen LogP contribution is -2.14. The molecule has 6 heteroatoms. The summed E-state index contributed by atoms with van der Waals surface area (Å²) in [6.07, 6.45) is 0. The number of ether oxygens (including phenoxy) is 1. The Labute approximate surface area is 131 Å². The molecule has 0 fully saturated rings. The van der Waals surface area contributed by atoms with Crippen molar-refractivity contribution in [1.29, 1.82) is 0 Å². The first-order chi connectivity index (χ1) is 11.1. The number of rotatable bonds is 4. The molecule has 3 aromatic rings. The highest BCUT2D eigenvalue weighted by atomic mass is 19.1. The zero-order valence-electron chi connectivity index (χ0n) is 12.4. The summed E-state index contributed by atoms with van der Waals surface area (Å²) in [5, 5.41) is 0.759. The first-order valence-corrected chi connectivity index (χ1v) is 6.94. The van der Waals surface area contributed by atoms with Crippen LogP contribution in [-0.4, -0.2) is 23.0 Å². The third-order valence-electron chi connectivity index (χ3n) is 3.44. The van der Waals surface area contributed by atoms with Crippen molar-refractivity contribution in [3.05, 3.63) is 59.7 Å². The lowest BCUT2D eigenvalue weighted by Gasteiger charge is -2.10. The van der Waals surface area contributed by atoms with E-state index in [-0.39, 0.29) is 23.4 Å². The first kappa shape index (κ1) is 15.1. The summed E-state index contributed by atoms with van der Waals surface area (Å²) in [5.41, 5.74) is 7.00. The molecule has 0 aliphatic heterocycles. The first-order valence-electron chi connectivity index (χ1n) is 6.94. The van der Waals surface area contributed by atoms with Gasteiger partial charge in [-0.2, -0.15) is 4.39 Å². The molecule has 0 unspecified atom stereocenters. The Morgan fingerprint density at radius 3 is 2.70 bits per heavy atom. The van der Waals surface area contributed by atoms with Crippen molar-refractivity contribution < 1.29 is 13.9 Å². The number of aromatic nitrogens is 2. The molecule has 116 valence electrons. The lowest BCUT2D eigenvalue weighted by atomic mass is 10.0. The van der Waals surface area contributed by atoms with E-state index >= 15 is 0 Å². The number of pyridine rings is 2. The van der Waals surface area contributed by atoms with E-state index in [2.05, 4.69) is 9.97 Å². The van der Waals surface area contributed by atoms with E-state index in [0.717, 1.165) is 5.39 Å². The van der Waals surface area contributed by atoms with Crippen LogP contribution >= 0.6 is 0 Å². The number of nitrogens with two attached hydrogens (primary N) is 1. The Kier molecular flexibility index (Phi) is 3.99. The van der Waals surface area contributed by atoms with Crippen molar-refractivity contribution in [2.75, 3.05) is 7.11 Å². The number of benzene rings is 1. The van der Waals surface area contributed by atoms with E-state index in [0.29, 0.717) is 11.2 Å². The van der Waals surface area contributed by atoms with Crippen molar-refractivity contribution in [1.82, 2.24) is 9.97 Å². The van der Waals surface area contributed by atoms with Gasteiger partial charge in [-0.25, -0.2) is 9.97 Å². The largest absolute Gasteiger partial charge is 0.378 e. The summed E-state index contributed by atoms with van der Waals surface area (Å²) >= 11 is 0. The Hall–Kier alpha value is -2.86. The number of hydrogen-bond acceptors (Lipinski definition) is 4. The maximum absolute atomic E-state index is 14.3. The molecule has 23 heavy (non-hydrogen) atoms. The molecule has 2 heterocycles. The predicted molar refractivity (Wildman–Crippen MR) is 84.2 cm³/mol. The van der Waals surface area contributed by atoms with Crippen LogP contribution in [0, 0.1) is 5.95 Å². The van der Waals surface area contributed by atoms with Crippen LogP contribution in [0.1, 0.15) is 16.1 Å². The topological polar surface area (TPSA) is 78.1 Å². The van der Waals surface area contributed by atoms with E-state index in [9.17, 15) is 9.18 Å². The summed E-state index contributed by atoms with van der Waals surface area (Å²) in [7, 11) is 1.50. The highest BCUT2D eigenvalue weighted by Gasteiger charge is 2.17. The smallest absolute Gasteiger partial charge is 0.250 e. The van der Waals surface area contributed by atoms with Gasteiger partial charge in [0.05, 0.1) is 34.6 Å². The molecule has 0 bridgehead atoms. The second kappa shape index (κ2) is 6.10. The Morgan fingerprint density at radius 1 is 1.22 bits per heavy atom. The van der Waals surface area contributed by atoms with E-state index in [4.69, 9.17) is 10.5 Å². The van der Waals surface area contributed by atoms with Gasteiger partial charge in [-0.1, -0.05) is 18.2 Å². The van der Waals surface area contributed by atoms with Gasteiger partial charge in [0.15, 0.2) is 0 Å². The van der Waals surface area contributed by atoms with Gasteiger partial charge in [0, 0.05) is 12.5 Å². The van der Waals surface area contributed by atoms with Crippen molar-refractivity contribution >= 4 is 16.8 Å². The normalized spacial score (nSPS) is 10.9. The van der Waals surface area contributed by atoms with Crippen LogP contribution in [-0.2, 0) is 11.3 Å². The maximum Gasteiger partial charge on any atom is 0.250 e. The molecule has 0 radical (unpaired) electrons. The van der Waals surface area contributed by atoms with Gasteiger partial charge in [0.1, 0.15) is 0 Å². The molecule has 1 amide bonds. The van der Waals surface area contributed by atoms with Crippen LogP contribution < -0.4 is 5.73 Å². The summed E-state index contributed by atoms with van der Waals surface area (Å²) < 4.78 is 19.3. The molecule has 2 aromatic heterocycles. The minimum absolute atomic E-state index is 0.129. The van der Waals surface area contributed by atoms with E-state index in [1.165, 1.54) is 13.2 Å². The number of primary amides is 1. The van der Waals surface area contributed by atoms with E-state index in [1.807, 2.05) is 18.2 Å². The fourth-order valence-electron chi connectivity index (χ4n) is 2.39. The average Bonchev–Trinajstić information content (AvgIpc) is 2.54. The maximum atomic E-state index is 14.3. The molecular weight excluding hydrogens is 297 g/mol. The van der Waals surface area contributed by atoms with E-state index < -0.39 is 11.9 Å². The number of carbonyl (C=O) groups excluding carboxylic acids is 1. The molecular formula is C17H14FN3O2. The second-order valence-corrected chi connectivity index (χ2v) is 5.02. The van der Waals surface area contributed by atoms with Crippen molar-refractivity contribution in [2.24, 2.45) is 5.73 Å². The Bertz CT molecular complexity index is 896. The fraction of sp³-hybridized carbons (Fsp3) is 0.118. The molecule has 0 aliphatic carbocycles. The van der Waals surface area contributed by atoms with Crippen molar-refractivity contribution in [2.45, 2.75) is 6.61 Å². The molecule has 0 aliphatic rings. The molecule has 5 nitrogen and oxygen atoms in total. The van der Waals surface area contributed by atoms with Crippen LogP contribution in [0.15, 0.2) is 42.5 Å². The molecule has 0 saturated carbocycles. The summed E-state index contributed by atoms with van der Waals surface area (Å²) in [6, 6.07) is 12.0. The number of amides is 1. The summed E-state index contributed by atoms with van der Waals surface area (Å²) in [6.45, 7) is 0.199. The third kappa shape index (κ3) is 2.89. The van der Waals surface area contributed by atoms with Crippen LogP contribution in [0.5, 0.6) is 0 Å². The van der Waals surface area contributed by atoms with Gasteiger partial charge in [0.2, 0.25) is 5.95 Å². The minimum Gasteiger partial charge on any atom is -0.378 e. The van der Waals surface area contributed by atoms with Gasteiger partial charge in [-0.3, -0.25) is 4.79 Å². The van der Waals surface area contributed by atoms with E-state index in [1.54, 1.807) is 18.2 Å². The fourth-order valence-corrected chi connectivity index (χ4v) is 2.39. The minimum atomic E-state index is -0.718. The van der Waals surface area contributed by atoms with Crippen LogP contribution in [0.4, 0.5) is 4.39 Å². The zero-order chi connectivity index (χ0) is 16.4. The molecule has 1 aromatic carbocycles. The Morgan fingerprint density at radius 2 is 2.00 bits per heavy atom. The van der Waals surface area contributed by atoms with Gasteiger partial charge in [0.25, 0.3) is 5.91 Å². The second-order valence-electron chi connectivity index (χ2n) is 5.02. The summed E-state index contributed by atoms with van der Waals surface area (Å²) in [4.78, 5) is 20.0. The highest BCUT2D eigenvalue weighted by molar-refractivity contribution is 6.02. The average molecular weight is 311 g/mol. The van der Waals surface area contributed by atoms with Crippen LogP contribution in [0.2, 0.25) is 0 Å². The molecule has 0 saturated heterocycles. The number of carbonyl (C=O) groups is 1. The van der Waals surface area contributed by atoms with Gasteiger partial charge >= 0.3 is 0 Å². The van der Waals surface area contributed by atoms with Gasteiger partial charge < -0.3 is 10.5 Å². The van der Waals surface area contributed by atoms with Crippen molar-refractivity contribution in [3.8, 4) is 11.3 Å². The van der Waals surface area contributed by atoms with Crippen LogP contribution in [0.25, 0.3) is 22.2 Å². The number of nitrogens with zero attached hydrogens (tertiary/aromatic N) is 2. The lowest BCUT2D eigenvalue weighted by molar-refractivity contribution is 0.100. The quantitative estimate of drug-likeness (QED) is 0.751. The number of hydrogen-bond donors (Lipinski definition) is 1. The number of para-hydroxylation sites is 1. The molecule has 2 N–H and O–H groups in total. The number of halogens is 1. The van der Waals surface area contributed by atoms with Gasteiger partial charge in [-0.05, 0) is 24.3 Å². The summed E-state index contributed by atoms with van der Waals surface area (Å²) in [5.74, 6) is -1.39. The SMILES string of the molecule is COCc1ccc(-c2nc3ccccc3cc2C(N)=O)c(F)n1. The predicted octanol–water partition coefficient (Wildman–Crippen LogP) is 2.68. The number of methoxy groups -OCH3 is 1. The van der Waals surface area contributed by atoms with Gasteiger partial charge in [-0.15, -0.1) is 0 Å². The van der Waals surface area contributed by atoms with Crippen LogP contribution in [0.3, 0.4) is 0 Å². The third-order valence-corrected chi connectivity index (χ3v) is 3.44. The molecule has 0 spiro atoms. The van der Waals surface area contributed by atoms with Crippen molar-refractivity contribution in [3.63, 3.8) is 0 Å². The standard InChI is InChI=1S/C17H14FN3O2/c1-23-9-11-6-7-12(16(18)20-11)15-13(17(19)22)8-10-4-2-3-5-14(10)21-15/h2-8H,9H2,1H3,(H2,19,22). The zero-order valence-corrected chi connectivity index (χ0v) is 12.4.